The molecular formula is C11H11ClN6O3. The number of carbonyl (C=O) groups is 1. The number of nitrogens with one attached hydrogen (secondary N) is 1. The summed E-state index contributed by atoms with van der Waals surface area (Å²) in [5.74, 6) is -0.497. The van der Waals surface area contributed by atoms with E-state index in [2.05, 4.69) is 15.6 Å². The van der Waals surface area contributed by atoms with Crippen LogP contribution in [0.4, 0.5) is 11.4 Å². The minimum absolute atomic E-state index is 0.0652. The number of nitro benzene ring substituents is 1. The van der Waals surface area contributed by atoms with E-state index in [1.165, 1.54) is 29.1 Å². The minimum atomic E-state index is -0.605. The van der Waals surface area contributed by atoms with Gasteiger partial charge in [-0.1, -0.05) is 16.8 Å². The van der Waals surface area contributed by atoms with E-state index < -0.39 is 10.8 Å². The first-order valence-electron chi connectivity index (χ1n) is 5.86. The molecule has 1 aromatic heterocycles. The highest BCUT2D eigenvalue weighted by molar-refractivity contribution is 6.33. The molecule has 0 atom stereocenters. The van der Waals surface area contributed by atoms with Gasteiger partial charge in [0.2, 0.25) is 0 Å². The van der Waals surface area contributed by atoms with Crippen molar-refractivity contribution in [1.29, 1.82) is 0 Å². The van der Waals surface area contributed by atoms with Crippen LogP contribution in [-0.4, -0.2) is 32.4 Å². The van der Waals surface area contributed by atoms with Crippen molar-refractivity contribution in [3.63, 3.8) is 0 Å². The van der Waals surface area contributed by atoms with Crippen molar-refractivity contribution >= 4 is 28.9 Å². The number of carbonyl (C=O) groups excluding carboxylic acids is 1. The van der Waals surface area contributed by atoms with Gasteiger partial charge in [-0.05, 0) is 12.1 Å². The summed E-state index contributed by atoms with van der Waals surface area (Å²) in [5, 5.41) is 20.5. The van der Waals surface area contributed by atoms with Crippen LogP contribution in [0.25, 0.3) is 0 Å². The third-order valence-electron chi connectivity index (χ3n) is 2.53. The van der Waals surface area contributed by atoms with Crippen molar-refractivity contribution in [1.82, 2.24) is 15.0 Å². The molecule has 1 amide bonds. The zero-order valence-electron chi connectivity index (χ0n) is 10.7. The maximum absolute atomic E-state index is 11.9. The summed E-state index contributed by atoms with van der Waals surface area (Å²) in [6, 6.07) is 3.89. The van der Waals surface area contributed by atoms with Crippen molar-refractivity contribution in [3.8, 4) is 0 Å². The van der Waals surface area contributed by atoms with Crippen LogP contribution in [0.3, 0.4) is 0 Å². The van der Waals surface area contributed by atoms with Gasteiger partial charge in [0.25, 0.3) is 11.6 Å². The molecular weight excluding hydrogens is 300 g/mol. The maximum Gasteiger partial charge on any atom is 0.288 e. The maximum atomic E-state index is 11.9. The van der Waals surface area contributed by atoms with Crippen LogP contribution >= 0.6 is 11.6 Å². The number of rotatable bonds is 5. The van der Waals surface area contributed by atoms with Crippen molar-refractivity contribution in [2.45, 2.75) is 6.54 Å². The molecule has 2 aromatic rings. The molecule has 110 valence electrons. The highest BCUT2D eigenvalue weighted by atomic mass is 35.5. The molecule has 0 saturated carbocycles. The third-order valence-corrected chi connectivity index (χ3v) is 2.83. The number of aromatic nitrogens is 3. The van der Waals surface area contributed by atoms with E-state index >= 15 is 0 Å². The van der Waals surface area contributed by atoms with Crippen LogP contribution in [-0.2, 0) is 6.54 Å². The molecule has 0 aliphatic heterocycles. The molecule has 0 aliphatic carbocycles. The van der Waals surface area contributed by atoms with E-state index in [1.54, 1.807) is 0 Å². The number of halogens is 1. The second-order valence-electron chi connectivity index (χ2n) is 4.03. The number of nitrogens with zero attached hydrogens (tertiary/aromatic N) is 4. The molecule has 2 rings (SSSR count). The zero-order chi connectivity index (χ0) is 15.4. The van der Waals surface area contributed by atoms with Crippen LogP contribution in [0.5, 0.6) is 0 Å². The quantitative estimate of drug-likeness (QED) is 0.627. The van der Waals surface area contributed by atoms with E-state index in [0.717, 1.165) is 0 Å². The Hall–Kier alpha value is -2.52. The van der Waals surface area contributed by atoms with Crippen LogP contribution in [0.2, 0.25) is 5.02 Å². The van der Waals surface area contributed by atoms with Crippen LogP contribution in [0.1, 0.15) is 10.5 Å². The Kier molecular flexibility index (Phi) is 4.45. The molecule has 1 heterocycles. The first kappa shape index (κ1) is 14.9. The van der Waals surface area contributed by atoms with Crippen LogP contribution in [0, 0.1) is 10.1 Å². The Morgan fingerprint density at radius 1 is 1.52 bits per heavy atom. The van der Waals surface area contributed by atoms with Gasteiger partial charge in [-0.2, -0.15) is 0 Å². The molecule has 0 spiro atoms. The summed E-state index contributed by atoms with van der Waals surface area (Å²) in [4.78, 5) is 22.0. The first-order chi connectivity index (χ1) is 10.0. The zero-order valence-corrected chi connectivity index (χ0v) is 11.4. The highest BCUT2D eigenvalue weighted by Crippen LogP contribution is 2.27. The number of hydrogen-bond donors (Lipinski definition) is 2. The predicted molar refractivity (Wildman–Crippen MR) is 75.1 cm³/mol. The Morgan fingerprint density at radius 3 is 2.90 bits per heavy atom. The summed E-state index contributed by atoms with van der Waals surface area (Å²) < 4.78 is 1.44. The number of amides is 1. The van der Waals surface area contributed by atoms with Crippen LogP contribution < -0.4 is 11.1 Å². The van der Waals surface area contributed by atoms with Gasteiger partial charge in [-0.25, -0.2) is 0 Å². The molecule has 9 nitrogen and oxygen atoms in total. The first-order valence-corrected chi connectivity index (χ1v) is 6.24. The average molecular weight is 311 g/mol. The summed E-state index contributed by atoms with van der Waals surface area (Å²) in [5.41, 5.74) is 5.57. The van der Waals surface area contributed by atoms with E-state index in [4.69, 9.17) is 17.3 Å². The van der Waals surface area contributed by atoms with Crippen LogP contribution in [0.15, 0.2) is 24.4 Å². The summed E-state index contributed by atoms with van der Waals surface area (Å²) in [6.45, 7) is 0.825. The number of hydrogen-bond acceptors (Lipinski definition) is 6. The highest BCUT2D eigenvalue weighted by Gasteiger charge is 2.15. The molecule has 0 saturated heterocycles. The molecule has 0 aliphatic rings. The number of anilines is 1. The smallest absolute Gasteiger partial charge is 0.288 e. The van der Waals surface area contributed by atoms with Gasteiger partial charge in [0.15, 0.2) is 5.69 Å². The fourth-order valence-electron chi connectivity index (χ4n) is 1.57. The normalized spacial score (nSPS) is 10.4. The van der Waals surface area contributed by atoms with E-state index in [9.17, 15) is 14.9 Å². The lowest BCUT2D eigenvalue weighted by Gasteiger charge is -2.03. The lowest BCUT2D eigenvalue weighted by atomic mass is 10.2. The molecule has 21 heavy (non-hydrogen) atoms. The van der Waals surface area contributed by atoms with Gasteiger partial charge in [-0.15, -0.1) is 5.10 Å². The topological polar surface area (TPSA) is 129 Å². The number of nitrogens with two attached hydrogens (primary N) is 1. The van der Waals surface area contributed by atoms with Crippen molar-refractivity contribution in [2.75, 3.05) is 11.9 Å². The van der Waals surface area contributed by atoms with Gasteiger partial charge >= 0.3 is 0 Å². The van der Waals surface area contributed by atoms with Crippen molar-refractivity contribution in [2.24, 2.45) is 5.73 Å². The second kappa shape index (κ2) is 6.29. The van der Waals surface area contributed by atoms with Gasteiger partial charge in [0.1, 0.15) is 5.02 Å². The third kappa shape index (κ3) is 3.52. The Bertz CT molecular complexity index is 686. The van der Waals surface area contributed by atoms with E-state index in [-0.39, 0.29) is 16.4 Å². The number of nitro groups is 1. The lowest BCUT2D eigenvalue weighted by Crippen LogP contribution is -2.13. The minimum Gasteiger partial charge on any atom is -0.329 e. The molecule has 0 unspecified atom stereocenters. The van der Waals surface area contributed by atoms with Gasteiger partial charge in [0, 0.05) is 18.3 Å². The molecule has 10 heteroatoms. The Morgan fingerprint density at radius 2 is 2.29 bits per heavy atom. The monoisotopic (exact) mass is 310 g/mol. The van der Waals surface area contributed by atoms with Gasteiger partial charge in [0.05, 0.1) is 17.7 Å². The lowest BCUT2D eigenvalue weighted by molar-refractivity contribution is -0.384. The largest absolute Gasteiger partial charge is 0.329 e. The average Bonchev–Trinajstić information content (AvgIpc) is 2.87. The molecule has 0 radical (unpaired) electrons. The fourth-order valence-corrected chi connectivity index (χ4v) is 1.82. The number of benzene rings is 1. The molecule has 1 aromatic carbocycles. The van der Waals surface area contributed by atoms with Crippen molar-refractivity contribution < 1.29 is 9.72 Å². The predicted octanol–water partition coefficient (Wildman–Crippen LogP) is 1.05. The second-order valence-corrected chi connectivity index (χ2v) is 4.44. The Balaban J connectivity index is 2.11. The molecule has 0 fully saturated rings. The molecule has 3 N–H and O–H groups in total. The summed E-state index contributed by atoms with van der Waals surface area (Å²) in [6.07, 6.45) is 1.45. The van der Waals surface area contributed by atoms with Gasteiger partial charge in [-0.3, -0.25) is 19.6 Å². The van der Waals surface area contributed by atoms with E-state index in [1.807, 2.05) is 0 Å². The Labute approximate surface area is 123 Å². The SMILES string of the molecule is NCCn1cc(C(=O)Nc2ccc([N+](=O)[O-])c(Cl)c2)nn1. The van der Waals surface area contributed by atoms with E-state index in [0.29, 0.717) is 18.8 Å². The molecule has 0 bridgehead atoms. The summed E-state index contributed by atoms with van der Waals surface area (Å²) in [7, 11) is 0. The summed E-state index contributed by atoms with van der Waals surface area (Å²) >= 11 is 5.76. The fraction of sp³-hybridized carbons (Fsp3) is 0.182. The van der Waals surface area contributed by atoms with Crippen molar-refractivity contribution in [3.05, 3.63) is 45.2 Å². The van der Waals surface area contributed by atoms with Gasteiger partial charge < -0.3 is 11.1 Å². The standard InChI is InChI=1S/C11H11ClN6O3/c12-8-5-7(1-2-10(8)18(20)21)14-11(19)9-6-17(4-3-13)16-15-9/h1-2,5-6H,3-4,13H2,(H,14,19).